The topological polar surface area (TPSA) is 72.8 Å². The van der Waals surface area contributed by atoms with Crippen LogP contribution >= 0.6 is 35.4 Å². The molecular weight excluding hydrogens is 509 g/mol. The van der Waals surface area contributed by atoms with Crippen molar-refractivity contribution < 1.29 is 19.1 Å². The number of nitrogens with one attached hydrogen (secondary N) is 1. The predicted molar refractivity (Wildman–Crippen MR) is 141 cm³/mol. The molecule has 35 heavy (non-hydrogen) atoms. The van der Waals surface area contributed by atoms with Gasteiger partial charge in [-0.05, 0) is 74.1 Å². The van der Waals surface area contributed by atoms with Gasteiger partial charge in [0.1, 0.15) is 17.1 Å². The number of benzene rings is 2. The number of nitrogens with zero attached hydrogens (tertiary/aromatic N) is 2. The van der Waals surface area contributed by atoms with Gasteiger partial charge in [-0.25, -0.2) is 4.90 Å². The molecule has 1 saturated heterocycles. The quantitative estimate of drug-likeness (QED) is 0.277. The molecule has 0 unspecified atom stereocenters. The number of ether oxygens (including phenoxy) is 2. The van der Waals surface area contributed by atoms with Crippen LogP contribution in [0, 0.1) is 13.8 Å². The maximum absolute atomic E-state index is 13.5. The fourth-order valence-corrected chi connectivity index (χ4v) is 4.61. The summed E-state index contributed by atoms with van der Waals surface area (Å²) < 4.78 is 12.6. The van der Waals surface area contributed by atoms with Gasteiger partial charge in [0.05, 0.1) is 30.6 Å². The summed E-state index contributed by atoms with van der Waals surface area (Å²) in [5, 5.41) is 3.61. The molecule has 1 N–H and O–H groups in total. The molecule has 10 heteroatoms. The van der Waals surface area contributed by atoms with Gasteiger partial charge in [0.25, 0.3) is 11.8 Å². The summed E-state index contributed by atoms with van der Waals surface area (Å²) in [4.78, 5) is 27.6. The zero-order chi connectivity index (χ0) is 25.4. The molecule has 0 bridgehead atoms. The van der Waals surface area contributed by atoms with Gasteiger partial charge < -0.3 is 14.0 Å². The lowest BCUT2D eigenvalue weighted by Crippen LogP contribution is -2.54. The molecule has 1 aromatic heterocycles. The van der Waals surface area contributed by atoms with Crippen LogP contribution in [0.15, 0.2) is 48.0 Å². The number of rotatable bonds is 5. The van der Waals surface area contributed by atoms with Crippen LogP contribution in [0.4, 0.5) is 5.69 Å². The standard InChI is InChI=1S/C25H21Cl2N3O4S/c1-13-9-15(14(2)29(13)21-11-16(26)5-7-19(21)27)10-18-23(31)28-25(35)30(24(18)32)20-8-6-17(33-3)12-22(20)34-4/h5-12H,1-4H3,(H,28,31,35)/b18-10+. The largest absolute Gasteiger partial charge is 0.497 e. The Morgan fingerprint density at radius 1 is 0.971 bits per heavy atom. The average molecular weight is 530 g/mol. The van der Waals surface area contributed by atoms with Crippen LogP contribution in [-0.4, -0.2) is 35.7 Å². The molecule has 0 atom stereocenters. The van der Waals surface area contributed by atoms with Crippen molar-refractivity contribution in [3.63, 3.8) is 0 Å². The summed E-state index contributed by atoms with van der Waals surface area (Å²) in [6.07, 6.45) is 1.54. The molecule has 2 aromatic carbocycles. The molecule has 0 aliphatic carbocycles. The second-order valence-electron chi connectivity index (χ2n) is 7.75. The van der Waals surface area contributed by atoms with E-state index in [1.54, 1.807) is 42.5 Å². The molecule has 1 aliphatic heterocycles. The van der Waals surface area contributed by atoms with E-state index in [9.17, 15) is 9.59 Å². The van der Waals surface area contributed by atoms with Crippen molar-refractivity contribution in [2.24, 2.45) is 0 Å². The minimum absolute atomic E-state index is 0.0446. The van der Waals surface area contributed by atoms with Gasteiger partial charge in [0, 0.05) is 22.5 Å². The first-order valence-electron chi connectivity index (χ1n) is 10.4. The summed E-state index contributed by atoms with van der Waals surface area (Å²) in [6, 6.07) is 12.0. The molecule has 180 valence electrons. The van der Waals surface area contributed by atoms with E-state index < -0.39 is 11.8 Å². The number of hydrogen-bond donors (Lipinski definition) is 1. The van der Waals surface area contributed by atoms with E-state index in [1.165, 1.54) is 19.1 Å². The minimum Gasteiger partial charge on any atom is -0.497 e. The Bertz CT molecular complexity index is 1410. The van der Waals surface area contributed by atoms with Gasteiger partial charge in [-0.15, -0.1) is 0 Å². The molecule has 7 nitrogen and oxygen atoms in total. The fourth-order valence-electron chi connectivity index (χ4n) is 3.96. The predicted octanol–water partition coefficient (Wildman–Crippen LogP) is 5.25. The Labute approximate surface area is 217 Å². The maximum Gasteiger partial charge on any atom is 0.270 e. The molecule has 2 amide bonds. The number of methoxy groups -OCH3 is 2. The van der Waals surface area contributed by atoms with Crippen LogP contribution in [-0.2, 0) is 9.59 Å². The first kappa shape index (κ1) is 24.8. The smallest absolute Gasteiger partial charge is 0.270 e. The third-order valence-electron chi connectivity index (χ3n) is 5.65. The summed E-state index contributed by atoms with van der Waals surface area (Å²) >= 11 is 17.9. The summed E-state index contributed by atoms with van der Waals surface area (Å²) in [6.45, 7) is 3.77. The van der Waals surface area contributed by atoms with E-state index in [0.29, 0.717) is 38.5 Å². The van der Waals surface area contributed by atoms with Crippen LogP contribution in [0.25, 0.3) is 11.8 Å². The van der Waals surface area contributed by atoms with E-state index in [1.807, 2.05) is 24.5 Å². The number of carbonyl (C=O) groups excluding carboxylic acids is 2. The number of hydrogen-bond acceptors (Lipinski definition) is 5. The number of halogens is 2. The van der Waals surface area contributed by atoms with Gasteiger partial charge >= 0.3 is 0 Å². The van der Waals surface area contributed by atoms with E-state index in [4.69, 9.17) is 44.9 Å². The van der Waals surface area contributed by atoms with E-state index in [-0.39, 0.29) is 10.7 Å². The van der Waals surface area contributed by atoms with Crippen molar-refractivity contribution in [2.75, 3.05) is 19.1 Å². The number of aryl methyl sites for hydroxylation is 1. The van der Waals surface area contributed by atoms with Gasteiger partial charge in [0.15, 0.2) is 5.11 Å². The Morgan fingerprint density at radius 3 is 2.40 bits per heavy atom. The third-order valence-corrected chi connectivity index (χ3v) is 6.49. The number of anilines is 1. The monoisotopic (exact) mass is 529 g/mol. The molecule has 4 rings (SSSR count). The van der Waals surface area contributed by atoms with Crippen molar-refractivity contribution >= 4 is 64.1 Å². The summed E-state index contributed by atoms with van der Waals surface area (Å²) in [7, 11) is 3.00. The maximum atomic E-state index is 13.5. The highest BCUT2D eigenvalue weighted by Crippen LogP contribution is 2.35. The van der Waals surface area contributed by atoms with Gasteiger partial charge in [-0.1, -0.05) is 23.2 Å². The highest BCUT2D eigenvalue weighted by atomic mass is 35.5. The van der Waals surface area contributed by atoms with E-state index in [0.717, 1.165) is 11.4 Å². The van der Waals surface area contributed by atoms with Crippen molar-refractivity contribution in [1.82, 2.24) is 9.88 Å². The number of thiocarbonyl (C=S) groups is 1. The molecule has 0 radical (unpaired) electrons. The SMILES string of the molecule is COc1ccc(N2C(=O)/C(=C/c3cc(C)n(-c4cc(Cl)ccc4Cl)c3C)C(=O)NC2=S)c(OC)c1. The minimum atomic E-state index is -0.589. The Kier molecular flexibility index (Phi) is 6.89. The third kappa shape index (κ3) is 4.52. The van der Waals surface area contributed by atoms with Crippen molar-refractivity contribution in [2.45, 2.75) is 13.8 Å². The first-order valence-corrected chi connectivity index (χ1v) is 11.6. The summed E-state index contributed by atoms with van der Waals surface area (Å²) in [5.41, 5.74) is 3.31. The van der Waals surface area contributed by atoms with Crippen LogP contribution in [0.3, 0.4) is 0 Å². The lowest BCUT2D eigenvalue weighted by Gasteiger charge is -2.30. The zero-order valence-corrected chi connectivity index (χ0v) is 21.6. The second kappa shape index (κ2) is 9.73. The molecule has 0 spiro atoms. The molecule has 0 saturated carbocycles. The van der Waals surface area contributed by atoms with Crippen molar-refractivity contribution in [1.29, 1.82) is 0 Å². The first-order chi connectivity index (χ1) is 16.7. The average Bonchev–Trinajstić information content (AvgIpc) is 3.10. The second-order valence-corrected chi connectivity index (χ2v) is 8.98. The lowest BCUT2D eigenvalue weighted by molar-refractivity contribution is -0.122. The molecule has 2 heterocycles. The summed E-state index contributed by atoms with van der Waals surface area (Å²) in [5.74, 6) is -0.251. The van der Waals surface area contributed by atoms with E-state index in [2.05, 4.69) is 5.32 Å². The molecular formula is C25H21Cl2N3O4S. The van der Waals surface area contributed by atoms with Crippen LogP contribution in [0.2, 0.25) is 10.0 Å². The van der Waals surface area contributed by atoms with Gasteiger partial charge in [0.2, 0.25) is 0 Å². The number of aromatic nitrogens is 1. The Hall–Kier alpha value is -3.33. The highest BCUT2D eigenvalue weighted by Gasteiger charge is 2.36. The molecule has 1 fully saturated rings. The highest BCUT2D eigenvalue weighted by molar-refractivity contribution is 7.80. The van der Waals surface area contributed by atoms with Crippen LogP contribution in [0.5, 0.6) is 11.5 Å². The molecule has 1 aliphatic rings. The van der Waals surface area contributed by atoms with Crippen LogP contribution in [0.1, 0.15) is 17.0 Å². The van der Waals surface area contributed by atoms with Crippen molar-refractivity contribution in [3.8, 4) is 17.2 Å². The van der Waals surface area contributed by atoms with Crippen LogP contribution < -0.4 is 19.7 Å². The number of amides is 2. The lowest BCUT2D eigenvalue weighted by atomic mass is 10.1. The van der Waals surface area contributed by atoms with Gasteiger partial charge in [-0.3, -0.25) is 14.9 Å². The van der Waals surface area contributed by atoms with Crippen molar-refractivity contribution in [3.05, 3.63) is 75.0 Å². The fraction of sp³-hybridized carbons (Fsp3) is 0.160. The van der Waals surface area contributed by atoms with E-state index >= 15 is 0 Å². The van der Waals surface area contributed by atoms with Gasteiger partial charge in [-0.2, -0.15) is 0 Å². The zero-order valence-electron chi connectivity index (χ0n) is 19.3. The Morgan fingerprint density at radius 2 is 1.71 bits per heavy atom. The normalized spacial score (nSPS) is 15.0. The number of carbonyl (C=O) groups is 2. The Balaban J connectivity index is 1.79. The molecule has 3 aromatic rings.